The van der Waals surface area contributed by atoms with Gasteiger partial charge in [-0.25, -0.2) is 0 Å². The van der Waals surface area contributed by atoms with Crippen LogP contribution in [0.1, 0.15) is 63.0 Å². The van der Waals surface area contributed by atoms with Crippen LogP contribution in [0, 0.1) is 0 Å². The van der Waals surface area contributed by atoms with E-state index in [-0.39, 0.29) is 16.2 Å². The molecular formula is C23H32O2Si. The number of hydrogen-bond acceptors (Lipinski definition) is 2. The minimum absolute atomic E-state index is 0.0986. The zero-order valence-electron chi connectivity index (χ0n) is 17.4. The van der Waals surface area contributed by atoms with Gasteiger partial charge in [-0.15, -0.1) is 0 Å². The van der Waals surface area contributed by atoms with Crippen molar-refractivity contribution in [2.45, 2.75) is 65.1 Å². The fraction of sp³-hybridized carbons (Fsp3) is 0.435. The summed E-state index contributed by atoms with van der Waals surface area (Å²) in [6.07, 6.45) is 0. The molecule has 0 bridgehead atoms. The van der Waals surface area contributed by atoms with Crippen LogP contribution in [-0.4, -0.2) is 14.1 Å². The molecule has 0 radical (unpaired) electrons. The SMILES string of the molecule is CC(=O)c1ccc(C(C)(C)c2ccc(O[Si](C)(C)C(C)(C)C)cc2)cc1. The van der Waals surface area contributed by atoms with E-state index in [0.29, 0.717) is 0 Å². The van der Waals surface area contributed by atoms with Crippen molar-refractivity contribution in [3.05, 3.63) is 65.2 Å². The van der Waals surface area contributed by atoms with Gasteiger partial charge in [0.05, 0.1) is 0 Å². The smallest absolute Gasteiger partial charge is 0.250 e. The molecule has 2 aromatic rings. The Labute approximate surface area is 159 Å². The maximum Gasteiger partial charge on any atom is 0.250 e. The average Bonchev–Trinajstić information content (AvgIpc) is 2.54. The maximum absolute atomic E-state index is 11.5. The monoisotopic (exact) mass is 368 g/mol. The van der Waals surface area contributed by atoms with Crippen LogP contribution in [0.4, 0.5) is 0 Å². The summed E-state index contributed by atoms with van der Waals surface area (Å²) in [6, 6.07) is 16.4. The Morgan fingerprint density at radius 1 is 0.808 bits per heavy atom. The predicted molar refractivity (Wildman–Crippen MR) is 113 cm³/mol. The number of carbonyl (C=O) groups excluding carboxylic acids is 1. The molecule has 0 amide bonds. The van der Waals surface area contributed by atoms with Crippen molar-refractivity contribution in [2.24, 2.45) is 0 Å². The van der Waals surface area contributed by atoms with Crippen molar-refractivity contribution in [2.75, 3.05) is 0 Å². The number of benzene rings is 2. The zero-order valence-corrected chi connectivity index (χ0v) is 18.4. The third kappa shape index (κ3) is 4.26. The first-order valence-electron chi connectivity index (χ1n) is 9.26. The van der Waals surface area contributed by atoms with Crippen LogP contribution in [0.15, 0.2) is 48.5 Å². The van der Waals surface area contributed by atoms with E-state index in [9.17, 15) is 4.79 Å². The first kappa shape index (κ1) is 20.4. The molecule has 2 aromatic carbocycles. The molecule has 0 spiro atoms. The number of hydrogen-bond donors (Lipinski definition) is 0. The lowest BCUT2D eigenvalue weighted by Crippen LogP contribution is -2.43. The second kappa shape index (κ2) is 7.03. The van der Waals surface area contributed by atoms with Crippen molar-refractivity contribution in [3.63, 3.8) is 0 Å². The van der Waals surface area contributed by atoms with Crippen LogP contribution in [0.5, 0.6) is 5.75 Å². The molecule has 0 aromatic heterocycles. The summed E-state index contributed by atoms with van der Waals surface area (Å²) >= 11 is 0. The number of Topliss-reactive ketones (excluding diaryl/α,β-unsaturated/α-hetero) is 1. The molecule has 0 N–H and O–H groups in total. The minimum atomic E-state index is -1.82. The molecule has 2 rings (SSSR count). The summed E-state index contributed by atoms with van der Waals surface area (Å²) in [7, 11) is -1.82. The fourth-order valence-corrected chi connectivity index (χ4v) is 3.71. The molecule has 0 heterocycles. The Balaban J connectivity index is 2.24. The standard InChI is InChI=1S/C23H32O2Si/c1-17(24)18-9-11-19(12-10-18)23(5,6)20-13-15-21(16-14-20)25-26(7,8)22(2,3)4/h9-16H,1-8H3. The molecule has 0 saturated heterocycles. The van der Waals surface area contributed by atoms with Crippen LogP contribution in [0.25, 0.3) is 0 Å². The number of ketones is 1. The van der Waals surface area contributed by atoms with E-state index in [4.69, 9.17) is 4.43 Å². The Hall–Kier alpha value is -1.87. The van der Waals surface area contributed by atoms with Gasteiger partial charge >= 0.3 is 0 Å². The molecule has 0 unspecified atom stereocenters. The number of carbonyl (C=O) groups is 1. The first-order valence-corrected chi connectivity index (χ1v) is 12.2. The number of rotatable bonds is 5. The average molecular weight is 369 g/mol. The third-order valence-corrected chi connectivity index (χ3v) is 10.1. The summed E-state index contributed by atoms with van der Waals surface area (Å²) in [5.74, 6) is 1.05. The second-order valence-corrected chi connectivity index (χ2v) is 13.9. The van der Waals surface area contributed by atoms with Crippen LogP contribution < -0.4 is 4.43 Å². The normalized spacial score (nSPS) is 12.8. The fourth-order valence-electron chi connectivity index (χ4n) is 2.68. The molecule has 0 aliphatic heterocycles. The highest BCUT2D eigenvalue weighted by atomic mass is 28.4. The largest absolute Gasteiger partial charge is 0.544 e. The van der Waals surface area contributed by atoms with Crippen molar-refractivity contribution in [3.8, 4) is 5.75 Å². The van der Waals surface area contributed by atoms with E-state index in [2.05, 4.69) is 84.1 Å². The van der Waals surface area contributed by atoms with Gasteiger partial charge in [0.15, 0.2) is 5.78 Å². The van der Waals surface area contributed by atoms with E-state index in [1.165, 1.54) is 11.1 Å². The molecule has 26 heavy (non-hydrogen) atoms. The molecule has 0 atom stereocenters. The molecule has 0 aliphatic carbocycles. The van der Waals surface area contributed by atoms with Crippen LogP contribution in [0.2, 0.25) is 18.1 Å². The maximum atomic E-state index is 11.5. The van der Waals surface area contributed by atoms with Gasteiger partial charge in [0, 0.05) is 11.0 Å². The van der Waals surface area contributed by atoms with E-state index >= 15 is 0 Å². The predicted octanol–water partition coefficient (Wildman–Crippen LogP) is 6.60. The summed E-state index contributed by atoms with van der Waals surface area (Å²) in [6.45, 7) is 17.3. The van der Waals surface area contributed by atoms with Gasteiger partial charge in [-0.1, -0.05) is 71.0 Å². The van der Waals surface area contributed by atoms with Crippen molar-refractivity contribution in [1.29, 1.82) is 0 Å². The quantitative estimate of drug-likeness (QED) is 0.439. The van der Waals surface area contributed by atoms with Crippen LogP contribution in [-0.2, 0) is 5.41 Å². The molecule has 3 heteroatoms. The van der Waals surface area contributed by atoms with Gasteiger partial charge < -0.3 is 4.43 Å². The Bertz CT molecular complexity index is 763. The lowest BCUT2D eigenvalue weighted by atomic mass is 9.78. The topological polar surface area (TPSA) is 26.3 Å². The van der Waals surface area contributed by atoms with Gasteiger partial charge in [-0.2, -0.15) is 0 Å². The molecule has 0 saturated carbocycles. The van der Waals surface area contributed by atoms with E-state index < -0.39 is 8.32 Å². The van der Waals surface area contributed by atoms with Crippen molar-refractivity contribution in [1.82, 2.24) is 0 Å². The Kier molecular flexibility index (Phi) is 5.53. The Morgan fingerprint density at radius 2 is 1.23 bits per heavy atom. The summed E-state index contributed by atoms with van der Waals surface area (Å²) < 4.78 is 6.38. The highest BCUT2D eigenvalue weighted by Gasteiger charge is 2.39. The highest BCUT2D eigenvalue weighted by Crippen LogP contribution is 2.38. The lowest BCUT2D eigenvalue weighted by molar-refractivity contribution is 0.101. The summed E-state index contributed by atoms with van der Waals surface area (Å²) in [5.41, 5.74) is 3.05. The van der Waals surface area contributed by atoms with Crippen LogP contribution in [0.3, 0.4) is 0 Å². The first-order chi connectivity index (χ1) is 11.8. The van der Waals surface area contributed by atoms with Crippen molar-refractivity contribution >= 4 is 14.1 Å². The molecule has 2 nitrogen and oxygen atoms in total. The van der Waals surface area contributed by atoms with Gasteiger partial charge in [0.2, 0.25) is 8.32 Å². The van der Waals surface area contributed by atoms with E-state index in [1.807, 2.05) is 12.1 Å². The molecule has 0 aliphatic rings. The van der Waals surface area contributed by atoms with Gasteiger partial charge in [-0.3, -0.25) is 4.79 Å². The zero-order chi connectivity index (χ0) is 19.8. The third-order valence-electron chi connectivity index (χ3n) is 5.77. The summed E-state index contributed by atoms with van der Waals surface area (Å²) in [4.78, 5) is 11.5. The highest BCUT2D eigenvalue weighted by molar-refractivity contribution is 6.74. The second-order valence-electron chi connectivity index (χ2n) is 9.15. The van der Waals surface area contributed by atoms with E-state index in [1.54, 1.807) is 6.92 Å². The van der Waals surface area contributed by atoms with Gasteiger partial charge in [0.25, 0.3) is 0 Å². The van der Waals surface area contributed by atoms with Crippen LogP contribution >= 0.6 is 0 Å². The molecule has 0 fully saturated rings. The minimum Gasteiger partial charge on any atom is -0.544 e. The van der Waals surface area contributed by atoms with Gasteiger partial charge in [-0.05, 0) is 48.3 Å². The molecule has 140 valence electrons. The Morgan fingerprint density at radius 3 is 1.62 bits per heavy atom. The lowest BCUT2D eigenvalue weighted by Gasteiger charge is -2.36. The molecular weight excluding hydrogens is 336 g/mol. The van der Waals surface area contributed by atoms with E-state index in [0.717, 1.165) is 11.3 Å². The van der Waals surface area contributed by atoms with Crippen molar-refractivity contribution < 1.29 is 9.22 Å². The van der Waals surface area contributed by atoms with Gasteiger partial charge in [0.1, 0.15) is 5.75 Å². The summed E-state index contributed by atoms with van der Waals surface area (Å²) in [5, 5.41) is 0.184.